The molecule has 2 amide bonds. The number of anilines is 1. The maximum absolute atomic E-state index is 12.3. The van der Waals surface area contributed by atoms with Crippen LogP contribution in [0.15, 0.2) is 59.7 Å². The number of aromatic nitrogens is 2. The number of hydrogen-bond donors (Lipinski definition) is 3. The molecule has 1 aromatic carbocycles. The Balaban J connectivity index is 1.68. The summed E-state index contributed by atoms with van der Waals surface area (Å²) in [6, 6.07) is 12.0. The van der Waals surface area contributed by atoms with Crippen molar-refractivity contribution >= 4 is 28.5 Å². The molecule has 3 aromatic rings. The van der Waals surface area contributed by atoms with Crippen molar-refractivity contribution in [3.63, 3.8) is 0 Å². The predicted molar refractivity (Wildman–Crippen MR) is 89.8 cm³/mol. The van der Waals surface area contributed by atoms with E-state index in [0.717, 1.165) is 0 Å². The van der Waals surface area contributed by atoms with Crippen LogP contribution in [-0.2, 0) is 4.79 Å². The molecule has 0 aliphatic rings. The number of carbonyl (C=O) groups is 2. The van der Waals surface area contributed by atoms with Crippen LogP contribution in [0.5, 0.6) is 0 Å². The van der Waals surface area contributed by atoms with Crippen molar-refractivity contribution in [1.29, 1.82) is 0 Å². The Morgan fingerprint density at radius 1 is 1.08 bits per heavy atom. The number of aromatic amines is 1. The standard InChI is InChI=1S/C17H14N4O3/c22-15(21-14-7-3-4-8-18-14)10-20-17(24)12-9-19-13-6-2-1-5-11(13)16(12)23/h1-9H,10H2,(H,19,23)(H,20,24)(H,18,21,22). The monoisotopic (exact) mass is 322 g/mol. The van der Waals surface area contributed by atoms with Crippen LogP contribution in [0, 0.1) is 0 Å². The predicted octanol–water partition coefficient (Wildman–Crippen LogP) is 1.29. The van der Waals surface area contributed by atoms with E-state index in [2.05, 4.69) is 20.6 Å². The first kappa shape index (κ1) is 15.4. The molecule has 0 aliphatic heterocycles. The van der Waals surface area contributed by atoms with Gasteiger partial charge in [0.25, 0.3) is 5.91 Å². The van der Waals surface area contributed by atoms with E-state index in [0.29, 0.717) is 16.7 Å². The van der Waals surface area contributed by atoms with E-state index in [1.165, 1.54) is 6.20 Å². The van der Waals surface area contributed by atoms with Crippen molar-refractivity contribution in [2.75, 3.05) is 11.9 Å². The zero-order valence-corrected chi connectivity index (χ0v) is 12.6. The average molecular weight is 322 g/mol. The molecule has 7 heteroatoms. The van der Waals surface area contributed by atoms with Crippen molar-refractivity contribution in [2.45, 2.75) is 0 Å². The van der Waals surface area contributed by atoms with Gasteiger partial charge in [-0.15, -0.1) is 0 Å². The number of amides is 2. The first-order chi connectivity index (χ1) is 11.6. The molecule has 0 saturated heterocycles. The second-order valence-electron chi connectivity index (χ2n) is 5.02. The summed E-state index contributed by atoms with van der Waals surface area (Å²) < 4.78 is 0. The molecule has 3 rings (SSSR count). The summed E-state index contributed by atoms with van der Waals surface area (Å²) in [5.74, 6) is -0.655. The van der Waals surface area contributed by atoms with Gasteiger partial charge < -0.3 is 15.6 Å². The molecule has 0 unspecified atom stereocenters. The fraction of sp³-hybridized carbons (Fsp3) is 0.0588. The zero-order chi connectivity index (χ0) is 16.9. The molecule has 3 N–H and O–H groups in total. The van der Waals surface area contributed by atoms with Crippen LogP contribution in [0.4, 0.5) is 5.82 Å². The summed E-state index contributed by atoms with van der Waals surface area (Å²) in [5, 5.41) is 5.39. The number of fused-ring (bicyclic) bond motifs is 1. The molecule has 0 atom stereocenters. The molecule has 0 aliphatic carbocycles. The summed E-state index contributed by atoms with van der Waals surface area (Å²) >= 11 is 0. The summed E-state index contributed by atoms with van der Waals surface area (Å²) in [6.07, 6.45) is 2.89. The van der Waals surface area contributed by atoms with Crippen LogP contribution < -0.4 is 16.1 Å². The molecule has 120 valence electrons. The topological polar surface area (TPSA) is 104 Å². The molecule has 0 fully saturated rings. The van der Waals surface area contributed by atoms with E-state index < -0.39 is 11.8 Å². The van der Waals surface area contributed by atoms with Gasteiger partial charge in [0.2, 0.25) is 11.3 Å². The summed E-state index contributed by atoms with van der Waals surface area (Å²) in [6.45, 7) is -0.262. The van der Waals surface area contributed by atoms with E-state index in [1.807, 2.05) is 0 Å². The number of carbonyl (C=O) groups excluding carboxylic acids is 2. The highest BCUT2D eigenvalue weighted by Gasteiger charge is 2.14. The Bertz CT molecular complexity index is 951. The van der Waals surface area contributed by atoms with Gasteiger partial charge in [-0.05, 0) is 24.3 Å². The van der Waals surface area contributed by atoms with E-state index in [1.54, 1.807) is 48.7 Å². The highest BCUT2D eigenvalue weighted by atomic mass is 16.2. The smallest absolute Gasteiger partial charge is 0.257 e. The number of benzene rings is 1. The molecule has 0 radical (unpaired) electrons. The maximum atomic E-state index is 12.3. The van der Waals surface area contributed by atoms with Gasteiger partial charge >= 0.3 is 0 Å². The lowest BCUT2D eigenvalue weighted by molar-refractivity contribution is -0.115. The van der Waals surface area contributed by atoms with E-state index in [9.17, 15) is 14.4 Å². The van der Waals surface area contributed by atoms with Crippen molar-refractivity contribution < 1.29 is 9.59 Å². The van der Waals surface area contributed by atoms with Gasteiger partial charge in [0.05, 0.1) is 6.54 Å². The number of nitrogens with one attached hydrogen (secondary N) is 3. The first-order valence-corrected chi connectivity index (χ1v) is 7.24. The fourth-order valence-electron chi connectivity index (χ4n) is 2.22. The van der Waals surface area contributed by atoms with Crippen LogP contribution >= 0.6 is 0 Å². The number of hydrogen-bond acceptors (Lipinski definition) is 4. The molecule has 24 heavy (non-hydrogen) atoms. The fourth-order valence-corrected chi connectivity index (χ4v) is 2.22. The minimum Gasteiger partial charge on any atom is -0.360 e. The van der Waals surface area contributed by atoms with Gasteiger partial charge in [0.15, 0.2) is 0 Å². The lowest BCUT2D eigenvalue weighted by Gasteiger charge is -2.06. The molecule has 2 heterocycles. The molecular weight excluding hydrogens is 308 g/mol. The third-order valence-corrected chi connectivity index (χ3v) is 3.37. The van der Waals surface area contributed by atoms with E-state index in [-0.39, 0.29) is 17.5 Å². The normalized spacial score (nSPS) is 10.3. The lowest BCUT2D eigenvalue weighted by Crippen LogP contribution is -2.35. The van der Waals surface area contributed by atoms with Crippen LogP contribution in [0.2, 0.25) is 0 Å². The van der Waals surface area contributed by atoms with Gasteiger partial charge in [0.1, 0.15) is 11.4 Å². The van der Waals surface area contributed by atoms with Gasteiger partial charge in [-0.1, -0.05) is 18.2 Å². The SMILES string of the molecule is O=C(CNC(=O)c1c[nH]c2ccccc2c1=O)Nc1ccccn1. The molecule has 2 aromatic heterocycles. The molecule has 0 bridgehead atoms. The first-order valence-electron chi connectivity index (χ1n) is 7.24. The second kappa shape index (κ2) is 6.74. The van der Waals surface area contributed by atoms with Gasteiger partial charge in [0, 0.05) is 23.3 Å². The third kappa shape index (κ3) is 3.30. The van der Waals surface area contributed by atoms with Crippen molar-refractivity contribution in [3.8, 4) is 0 Å². The summed E-state index contributed by atoms with van der Waals surface area (Å²) in [7, 11) is 0. The maximum Gasteiger partial charge on any atom is 0.257 e. The molecule has 0 saturated carbocycles. The Kier molecular flexibility index (Phi) is 4.33. The minimum absolute atomic E-state index is 0.0423. The Morgan fingerprint density at radius 3 is 2.67 bits per heavy atom. The van der Waals surface area contributed by atoms with Crippen LogP contribution in [0.25, 0.3) is 10.9 Å². The number of rotatable bonds is 4. The Labute approximate surface area is 136 Å². The third-order valence-electron chi connectivity index (χ3n) is 3.37. The van der Waals surface area contributed by atoms with E-state index >= 15 is 0 Å². The number of para-hydroxylation sites is 1. The minimum atomic E-state index is -0.613. The van der Waals surface area contributed by atoms with Gasteiger partial charge in [-0.3, -0.25) is 14.4 Å². The van der Waals surface area contributed by atoms with Crippen LogP contribution in [0.3, 0.4) is 0 Å². The molecular formula is C17H14N4O3. The zero-order valence-electron chi connectivity index (χ0n) is 12.6. The van der Waals surface area contributed by atoms with Crippen LogP contribution in [-0.4, -0.2) is 28.3 Å². The van der Waals surface area contributed by atoms with Crippen LogP contribution in [0.1, 0.15) is 10.4 Å². The lowest BCUT2D eigenvalue weighted by atomic mass is 10.1. The van der Waals surface area contributed by atoms with Crippen molar-refractivity contribution in [1.82, 2.24) is 15.3 Å². The quantitative estimate of drug-likeness (QED) is 0.673. The van der Waals surface area contributed by atoms with Crippen molar-refractivity contribution in [3.05, 3.63) is 70.6 Å². The number of nitrogens with zero attached hydrogens (tertiary/aromatic N) is 1. The second-order valence-corrected chi connectivity index (χ2v) is 5.02. The summed E-state index contributed by atoms with van der Waals surface area (Å²) in [4.78, 5) is 43.1. The molecule has 7 nitrogen and oxygen atoms in total. The number of H-pyrrole nitrogens is 1. The Morgan fingerprint density at radius 2 is 1.88 bits per heavy atom. The average Bonchev–Trinajstić information content (AvgIpc) is 2.61. The highest BCUT2D eigenvalue weighted by Crippen LogP contribution is 2.06. The Hall–Kier alpha value is -3.48. The summed E-state index contributed by atoms with van der Waals surface area (Å²) in [5.41, 5.74) is 0.221. The van der Waals surface area contributed by atoms with Crippen molar-refractivity contribution in [2.24, 2.45) is 0 Å². The molecule has 0 spiro atoms. The highest BCUT2D eigenvalue weighted by molar-refractivity contribution is 6.00. The van der Waals surface area contributed by atoms with Gasteiger partial charge in [-0.2, -0.15) is 0 Å². The van der Waals surface area contributed by atoms with Gasteiger partial charge in [-0.25, -0.2) is 4.98 Å². The number of pyridine rings is 2. The largest absolute Gasteiger partial charge is 0.360 e. The van der Waals surface area contributed by atoms with E-state index in [4.69, 9.17) is 0 Å².